The van der Waals surface area contributed by atoms with Crippen LogP contribution in [0.25, 0.3) is 11.1 Å². The second-order valence-corrected chi connectivity index (χ2v) is 6.77. The average Bonchev–Trinajstić information content (AvgIpc) is 3.20. The Bertz CT molecular complexity index is 1050. The lowest BCUT2D eigenvalue weighted by Crippen LogP contribution is -2.45. The van der Waals surface area contributed by atoms with E-state index in [0.717, 1.165) is 17.7 Å². The van der Waals surface area contributed by atoms with Gasteiger partial charge in [0.25, 0.3) is 5.91 Å². The highest BCUT2D eigenvalue weighted by atomic mass is 79.9. The SMILES string of the molecule is Nc1nccn2c(C3=CN4C(=O)[C@@H]5CC=CN5C=C4C=C3)nc(Br)c12. The Morgan fingerprint density at radius 3 is 3.04 bits per heavy atom. The number of hydrogen-bond donors (Lipinski definition) is 1. The molecule has 0 spiro atoms. The van der Waals surface area contributed by atoms with Gasteiger partial charge in [0.1, 0.15) is 22.0 Å². The first kappa shape index (κ1) is 14.5. The maximum absolute atomic E-state index is 12.8. The molecule has 0 unspecified atom stereocenters. The molecule has 5 heterocycles. The van der Waals surface area contributed by atoms with Crippen LogP contribution in [0.2, 0.25) is 0 Å². The number of allylic oxidation sites excluding steroid dienone is 3. The number of imidazole rings is 1. The first-order valence-corrected chi connectivity index (χ1v) is 8.60. The van der Waals surface area contributed by atoms with Crippen LogP contribution in [0.4, 0.5) is 5.82 Å². The van der Waals surface area contributed by atoms with Crippen LogP contribution in [-0.4, -0.2) is 36.1 Å². The number of amides is 1. The third-order valence-electron chi connectivity index (χ3n) is 4.58. The Kier molecular flexibility index (Phi) is 2.93. The number of nitrogens with zero attached hydrogens (tertiary/aromatic N) is 5. The van der Waals surface area contributed by atoms with Gasteiger partial charge in [0.05, 0.1) is 5.70 Å². The van der Waals surface area contributed by atoms with Crippen LogP contribution >= 0.6 is 15.9 Å². The second-order valence-electron chi connectivity index (χ2n) is 6.02. The molecule has 2 N–H and O–H groups in total. The van der Waals surface area contributed by atoms with Gasteiger partial charge in [0.2, 0.25) is 0 Å². The fourth-order valence-corrected chi connectivity index (χ4v) is 3.94. The van der Waals surface area contributed by atoms with Crippen LogP contribution in [0.5, 0.6) is 0 Å². The smallest absolute Gasteiger partial charge is 0.254 e. The van der Waals surface area contributed by atoms with E-state index >= 15 is 0 Å². The number of halogens is 1. The summed E-state index contributed by atoms with van der Waals surface area (Å²) in [6.07, 6.45) is 15.8. The first-order chi connectivity index (χ1) is 12.1. The zero-order valence-electron chi connectivity index (χ0n) is 13.0. The number of hydrogen-bond acceptors (Lipinski definition) is 5. The molecule has 1 atom stereocenters. The van der Waals surface area contributed by atoms with E-state index in [1.807, 2.05) is 46.1 Å². The minimum Gasteiger partial charge on any atom is -0.382 e. The van der Waals surface area contributed by atoms with Gasteiger partial charge in [-0.15, -0.1) is 0 Å². The summed E-state index contributed by atoms with van der Waals surface area (Å²) in [5, 5.41) is 0. The molecule has 0 aliphatic carbocycles. The number of nitrogens with two attached hydrogens (primary N) is 1. The molecule has 1 amide bonds. The van der Waals surface area contributed by atoms with Gasteiger partial charge in [0, 0.05) is 36.6 Å². The van der Waals surface area contributed by atoms with Crippen molar-refractivity contribution in [3.8, 4) is 0 Å². The van der Waals surface area contributed by atoms with Crippen molar-refractivity contribution >= 4 is 38.7 Å². The maximum atomic E-state index is 12.8. The third-order valence-corrected chi connectivity index (χ3v) is 5.13. The van der Waals surface area contributed by atoms with E-state index in [9.17, 15) is 4.79 Å². The fourth-order valence-electron chi connectivity index (χ4n) is 3.38. The average molecular weight is 397 g/mol. The Balaban J connectivity index is 1.63. The zero-order valence-corrected chi connectivity index (χ0v) is 14.6. The largest absolute Gasteiger partial charge is 0.382 e. The quantitative estimate of drug-likeness (QED) is 0.799. The normalized spacial score (nSPS) is 21.5. The molecule has 2 aromatic rings. The topological polar surface area (TPSA) is 79.8 Å². The van der Waals surface area contributed by atoms with Gasteiger partial charge in [-0.2, -0.15) is 0 Å². The van der Waals surface area contributed by atoms with E-state index in [-0.39, 0.29) is 11.9 Å². The standard InChI is InChI=1S/C17H13BrN6O/c18-14-13-15(19)20-5-7-23(13)16(21-14)10-3-4-11-9-22-6-1-2-12(22)17(25)24(11)8-10/h1,3-9,12H,2H2,(H2,19,20)/t12-/m0/s1. The Morgan fingerprint density at radius 2 is 2.16 bits per heavy atom. The van der Waals surface area contributed by atoms with Gasteiger partial charge in [-0.05, 0) is 34.5 Å². The second kappa shape index (κ2) is 5.06. The van der Waals surface area contributed by atoms with Crippen molar-refractivity contribution in [1.82, 2.24) is 24.2 Å². The molecule has 3 aliphatic rings. The summed E-state index contributed by atoms with van der Waals surface area (Å²) in [5.41, 5.74) is 8.35. The third kappa shape index (κ3) is 2.00. The number of carbonyl (C=O) groups excluding carboxylic acids is 1. The number of anilines is 1. The minimum atomic E-state index is -0.156. The van der Waals surface area contributed by atoms with Gasteiger partial charge in [-0.3, -0.25) is 14.1 Å². The molecule has 0 fully saturated rings. The molecule has 2 aromatic heterocycles. The molecule has 0 saturated heterocycles. The number of carbonyl (C=O) groups is 1. The summed E-state index contributed by atoms with van der Waals surface area (Å²) in [6.45, 7) is 0. The van der Waals surface area contributed by atoms with Gasteiger partial charge in [-0.25, -0.2) is 9.97 Å². The summed E-state index contributed by atoms with van der Waals surface area (Å²) in [6, 6.07) is -0.156. The van der Waals surface area contributed by atoms with Crippen LogP contribution in [0, 0.1) is 0 Å². The predicted molar refractivity (Wildman–Crippen MR) is 96.5 cm³/mol. The van der Waals surface area contributed by atoms with Crippen molar-refractivity contribution in [2.45, 2.75) is 12.5 Å². The summed E-state index contributed by atoms with van der Waals surface area (Å²) < 4.78 is 2.50. The van der Waals surface area contributed by atoms with Crippen LogP contribution in [0.15, 0.2) is 59.5 Å². The predicted octanol–water partition coefficient (Wildman–Crippen LogP) is 2.26. The summed E-state index contributed by atoms with van der Waals surface area (Å²) >= 11 is 3.44. The van der Waals surface area contributed by atoms with Gasteiger partial charge in [-0.1, -0.05) is 6.08 Å². The fraction of sp³-hybridized carbons (Fsp3) is 0.118. The lowest BCUT2D eigenvalue weighted by molar-refractivity contribution is -0.131. The number of fused-ring (bicyclic) bond motifs is 3. The van der Waals surface area contributed by atoms with Gasteiger partial charge in [0.15, 0.2) is 5.82 Å². The number of nitrogen functional groups attached to an aromatic ring is 1. The molecule has 0 aromatic carbocycles. The van der Waals surface area contributed by atoms with Crippen LogP contribution in [0.3, 0.4) is 0 Å². The Hall–Kier alpha value is -2.87. The molecular formula is C17H13BrN6O. The van der Waals surface area contributed by atoms with Crippen LogP contribution in [-0.2, 0) is 4.79 Å². The molecule has 25 heavy (non-hydrogen) atoms. The zero-order chi connectivity index (χ0) is 17.1. The van der Waals surface area contributed by atoms with Crippen molar-refractivity contribution < 1.29 is 4.79 Å². The molecule has 0 bridgehead atoms. The highest BCUT2D eigenvalue weighted by Gasteiger charge is 2.35. The Labute approximate surface area is 151 Å². The molecule has 0 saturated carbocycles. The van der Waals surface area contributed by atoms with E-state index in [1.54, 1.807) is 17.3 Å². The molecule has 3 aliphatic heterocycles. The van der Waals surface area contributed by atoms with Crippen molar-refractivity contribution in [2.75, 3.05) is 5.73 Å². The monoisotopic (exact) mass is 396 g/mol. The lowest BCUT2D eigenvalue weighted by Gasteiger charge is -2.35. The van der Waals surface area contributed by atoms with E-state index in [4.69, 9.17) is 5.73 Å². The summed E-state index contributed by atoms with van der Waals surface area (Å²) in [7, 11) is 0. The maximum Gasteiger partial charge on any atom is 0.254 e. The van der Waals surface area contributed by atoms with Crippen molar-refractivity contribution in [3.63, 3.8) is 0 Å². The molecule has 7 nitrogen and oxygen atoms in total. The molecule has 0 radical (unpaired) electrons. The highest BCUT2D eigenvalue weighted by molar-refractivity contribution is 9.10. The first-order valence-electron chi connectivity index (χ1n) is 7.81. The van der Waals surface area contributed by atoms with Crippen molar-refractivity contribution in [3.05, 3.63) is 65.3 Å². The lowest BCUT2D eigenvalue weighted by atomic mass is 10.1. The van der Waals surface area contributed by atoms with Gasteiger partial charge >= 0.3 is 0 Å². The van der Waals surface area contributed by atoms with Gasteiger partial charge < -0.3 is 10.6 Å². The van der Waals surface area contributed by atoms with Crippen molar-refractivity contribution in [1.29, 1.82) is 0 Å². The number of rotatable bonds is 1. The molecule has 8 heteroatoms. The minimum absolute atomic E-state index is 0.0606. The van der Waals surface area contributed by atoms with Crippen LogP contribution in [0.1, 0.15) is 12.2 Å². The summed E-state index contributed by atoms with van der Waals surface area (Å²) in [5.74, 6) is 1.16. The molecular weight excluding hydrogens is 384 g/mol. The molecule has 124 valence electrons. The van der Waals surface area contributed by atoms with E-state index in [0.29, 0.717) is 21.8 Å². The molecule has 5 rings (SSSR count). The summed E-state index contributed by atoms with van der Waals surface area (Å²) in [4.78, 5) is 25.1. The van der Waals surface area contributed by atoms with E-state index < -0.39 is 0 Å². The Morgan fingerprint density at radius 1 is 1.28 bits per heavy atom. The van der Waals surface area contributed by atoms with Crippen molar-refractivity contribution in [2.24, 2.45) is 0 Å². The van der Waals surface area contributed by atoms with Crippen LogP contribution < -0.4 is 5.73 Å². The van der Waals surface area contributed by atoms with E-state index in [2.05, 4.69) is 25.9 Å². The number of aromatic nitrogens is 3. The van der Waals surface area contributed by atoms with E-state index in [1.165, 1.54) is 0 Å². The highest BCUT2D eigenvalue weighted by Crippen LogP contribution is 2.33.